The average Bonchev–Trinajstić information content (AvgIpc) is 2.64. The van der Waals surface area contributed by atoms with Crippen molar-refractivity contribution in [2.75, 3.05) is 13.2 Å². The molecule has 2 aromatic carbocycles. The van der Waals surface area contributed by atoms with Crippen molar-refractivity contribution in [3.63, 3.8) is 0 Å². The Bertz CT molecular complexity index is 814. The molecule has 0 radical (unpaired) electrons. The van der Waals surface area contributed by atoms with Crippen LogP contribution in [0.15, 0.2) is 42.5 Å². The molecular weight excluding hydrogens is 352 g/mol. The second-order valence-electron chi connectivity index (χ2n) is 5.84. The second-order valence-corrected chi connectivity index (χ2v) is 5.84. The maximum Gasteiger partial charge on any atom is 0.303 e. The summed E-state index contributed by atoms with van der Waals surface area (Å²) >= 11 is 0. The van der Waals surface area contributed by atoms with E-state index < -0.39 is 5.97 Å². The Labute approximate surface area is 156 Å². The largest absolute Gasteiger partial charge is 0.507 e. The third kappa shape index (κ3) is 6.81. The molecule has 142 valence electrons. The zero-order valence-electron chi connectivity index (χ0n) is 14.6. The average molecular weight is 372 g/mol. The van der Waals surface area contributed by atoms with Crippen LogP contribution in [0.25, 0.3) is 0 Å². The van der Waals surface area contributed by atoms with E-state index in [0.717, 1.165) is 5.56 Å². The zero-order chi connectivity index (χ0) is 19.6. The molecule has 0 unspecified atom stereocenters. The van der Waals surface area contributed by atoms with Gasteiger partial charge < -0.3 is 19.7 Å². The molecule has 0 aliphatic rings. The molecule has 0 heterocycles. The number of carbonyl (C=O) groups excluding carboxylic acids is 2. The summed E-state index contributed by atoms with van der Waals surface area (Å²) in [5, 5.41) is 18.2. The highest BCUT2D eigenvalue weighted by atomic mass is 16.5. The van der Waals surface area contributed by atoms with Gasteiger partial charge in [-0.15, -0.1) is 0 Å². The smallest absolute Gasteiger partial charge is 0.303 e. The van der Waals surface area contributed by atoms with Gasteiger partial charge >= 0.3 is 5.97 Å². The summed E-state index contributed by atoms with van der Waals surface area (Å²) in [6.07, 6.45) is 1.12. The van der Waals surface area contributed by atoms with Gasteiger partial charge in [0.1, 0.15) is 23.9 Å². The predicted octanol–water partition coefficient (Wildman–Crippen LogP) is 2.64. The number of phenolic OH excluding ortho intramolecular Hbond substituents is 1. The van der Waals surface area contributed by atoms with Crippen molar-refractivity contribution >= 4 is 18.0 Å². The SMILES string of the molecule is O=Cc1ccc(OCC(=O)Cc2cccc(OCCCC(=O)O)c2)cc1O. The van der Waals surface area contributed by atoms with E-state index in [4.69, 9.17) is 14.6 Å². The van der Waals surface area contributed by atoms with Crippen LogP contribution in [0.1, 0.15) is 28.8 Å². The summed E-state index contributed by atoms with van der Waals surface area (Å²) in [5.74, 6) is -0.380. The number of hydrogen-bond donors (Lipinski definition) is 2. The zero-order valence-corrected chi connectivity index (χ0v) is 14.6. The van der Waals surface area contributed by atoms with Crippen LogP contribution < -0.4 is 9.47 Å². The summed E-state index contributed by atoms with van der Waals surface area (Å²) in [6, 6.07) is 11.2. The number of carbonyl (C=O) groups is 3. The Hall–Kier alpha value is -3.35. The van der Waals surface area contributed by atoms with Crippen LogP contribution in [0.4, 0.5) is 0 Å². The van der Waals surface area contributed by atoms with Crippen molar-refractivity contribution in [3.8, 4) is 17.2 Å². The number of aliphatic carboxylic acids is 1. The number of carboxylic acid groups (broad SMARTS) is 1. The van der Waals surface area contributed by atoms with Crippen LogP contribution in [0.5, 0.6) is 17.2 Å². The van der Waals surface area contributed by atoms with Crippen LogP contribution in [0, 0.1) is 0 Å². The second kappa shape index (κ2) is 9.96. The maximum atomic E-state index is 12.1. The van der Waals surface area contributed by atoms with Gasteiger partial charge in [0.15, 0.2) is 12.1 Å². The number of benzene rings is 2. The van der Waals surface area contributed by atoms with Crippen LogP contribution >= 0.6 is 0 Å². The molecule has 0 aromatic heterocycles. The molecule has 2 rings (SSSR count). The number of phenols is 1. The van der Waals surface area contributed by atoms with Gasteiger partial charge in [-0.25, -0.2) is 0 Å². The first-order valence-electron chi connectivity index (χ1n) is 8.34. The van der Waals surface area contributed by atoms with E-state index in [0.29, 0.717) is 24.2 Å². The summed E-state index contributed by atoms with van der Waals surface area (Å²) in [7, 11) is 0. The van der Waals surface area contributed by atoms with E-state index in [-0.39, 0.29) is 43.2 Å². The van der Waals surface area contributed by atoms with Crippen LogP contribution in [-0.2, 0) is 16.0 Å². The van der Waals surface area contributed by atoms with Gasteiger partial charge in [-0.05, 0) is 36.2 Å². The Morgan fingerprint density at radius 1 is 1.04 bits per heavy atom. The van der Waals surface area contributed by atoms with Gasteiger partial charge in [-0.2, -0.15) is 0 Å². The fraction of sp³-hybridized carbons (Fsp3) is 0.250. The molecular formula is C20H20O7. The number of ether oxygens (including phenoxy) is 2. The summed E-state index contributed by atoms with van der Waals surface area (Å²) in [4.78, 5) is 33.2. The lowest BCUT2D eigenvalue weighted by Crippen LogP contribution is -2.14. The van der Waals surface area contributed by atoms with Crippen molar-refractivity contribution in [1.29, 1.82) is 0 Å². The Morgan fingerprint density at radius 2 is 1.81 bits per heavy atom. The highest BCUT2D eigenvalue weighted by molar-refractivity contribution is 5.82. The molecule has 7 heteroatoms. The quantitative estimate of drug-likeness (QED) is 0.461. The van der Waals surface area contributed by atoms with Gasteiger partial charge in [0.05, 0.1) is 12.2 Å². The fourth-order valence-corrected chi connectivity index (χ4v) is 2.31. The molecule has 0 spiro atoms. The molecule has 0 amide bonds. The molecule has 7 nitrogen and oxygen atoms in total. The molecule has 0 atom stereocenters. The number of aldehydes is 1. The Kier molecular flexibility index (Phi) is 7.37. The number of aromatic hydroxyl groups is 1. The lowest BCUT2D eigenvalue weighted by Gasteiger charge is -2.09. The molecule has 2 N–H and O–H groups in total. The van der Waals surface area contributed by atoms with Gasteiger partial charge in [-0.1, -0.05) is 12.1 Å². The number of rotatable bonds is 11. The van der Waals surface area contributed by atoms with E-state index in [1.54, 1.807) is 24.3 Å². The molecule has 0 aliphatic heterocycles. The lowest BCUT2D eigenvalue weighted by atomic mass is 10.1. The molecule has 0 bridgehead atoms. The minimum absolute atomic E-state index is 0.0406. The summed E-state index contributed by atoms with van der Waals surface area (Å²) in [5.41, 5.74) is 0.896. The van der Waals surface area contributed by atoms with Crippen molar-refractivity contribution in [2.24, 2.45) is 0 Å². The van der Waals surface area contributed by atoms with Crippen LogP contribution in [0.3, 0.4) is 0 Å². The standard InChI is InChI=1S/C20H20O7/c21-12-15-6-7-18(11-19(15)23)27-13-16(22)9-14-3-1-4-17(10-14)26-8-2-5-20(24)25/h1,3-4,6-7,10-12,23H,2,5,8-9,13H2,(H,24,25). The summed E-state index contributed by atoms with van der Waals surface area (Å²) in [6.45, 7) is 0.108. The minimum atomic E-state index is -0.868. The van der Waals surface area contributed by atoms with E-state index in [2.05, 4.69) is 0 Å². The monoisotopic (exact) mass is 372 g/mol. The topological polar surface area (TPSA) is 110 Å². The molecule has 27 heavy (non-hydrogen) atoms. The highest BCUT2D eigenvalue weighted by Gasteiger charge is 2.08. The van der Waals surface area contributed by atoms with Crippen LogP contribution in [-0.4, -0.2) is 41.5 Å². The summed E-state index contributed by atoms with van der Waals surface area (Å²) < 4.78 is 10.8. The molecule has 0 saturated carbocycles. The van der Waals surface area contributed by atoms with E-state index in [1.807, 2.05) is 0 Å². The highest BCUT2D eigenvalue weighted by Crippen LogP contribution is 2.22. The maximum absolute atomic E-state index is 12.1. The Morgan fingerprint density at radius 3 is 2.52 bits per heavy atom. The first kappa shape index (κ1) is 20.0. The minimum Gasteiger partial charge on any atom is -0.507 e. The van der Waals surface area contributed by atoms with Gasteiger partial charge in [0.2, 0.25) is 0 Å². The number of ketones is 1. The number of carboxylic acids is 1. The van der Waals surface area contributed by atoms with E-state index in [9.17, 15) is 19.5 Å². The first-order valence-corrected chi connectivity index (χ1v) is 8.34. The fourth-order valence-electron chi connectivity index (χ4n) is 2.31. The van der Waals surface area contributed by atoms with Crippen LogP contribution in [0.2, 0.25) is 0 Å². The van der Waals surface area contributed by atoms with E-state index in [1.165, 1.54) is 18.2 Å². The normalized spacial score (nSPS) is 10.2. The Balaban J connectivity index is 1.83. The lowest BCUT2D eigenvalue weighted by molar-refractivity contribution is -0.137. The molecule has 2 aromatic rings. The third-order valence-electron chi connectivity index (χ3n) is 3.63. The number of hydrogen-bond acceptors (Lipinski definition) is 6. The first-order chi connectivity index (χ1) is 13.0. The predicted molar refractivity (Wildman–Crippen MR) is 96.5 cm³/mol. The molecule has 0 saturated heterocycles. The van der Waals surface area contributed by atoms with Gasteiger partial charge in [-0.3, -0.25) is 14.4 Å². The van der Waals surface area contributed by atoms with Crippen molar-refractivity contribution in [2.45, 2.75) is 19.3 Å². The number of Topliss-reactive ketones (excluding diaryl/α,β-unsaturated/α-hetero) is 1. The van der Waals surface area contributed by atoms with Gasteiger partial charge in [0, 0.05) is 18.9 Å². The van der Waals surface area contributed by atoms with Crippen molar-refractivity contribution in [1.82, 2.24) is 0 Å². The van der Waals surface area contributed by atoms with Gasteiger partial charge in [0.25, 0.3) is 0 Å². The van der Waals surface area contributed by atoms with Crippen molar-refractivity contribution < 1.29 is 34.1 Å². The third-order valence-corrected chi connectivity index (χ3v) is 3.63. The molecule has 0 fully saturated rings. The molecule has 0 aliphatic carbocycles. The van der Waals surface area contributed by atoms with E-state index >= 15 is 0 Å². The van der Waals surface area contributed by atoms with Crippen molar-refractivity contribution in [3.05, 3.63) is 53.6 Å².